The van der Waals surface area contributed by atoms with Gasteiger partial charge in [0.25, 0.3) is 0 Å². The summed E-state index contributed by atoms with van der Waals surface area (Å²) in [5, 5.41) is 10.6. The summed E-state index contributed by atoms with van der Waals surface area (Å²) in [4.78, 5) is 16.6. The minimum atomic E-state index is -1.11. The van der Waals surface area contributed by atoms with Crippen LogP contribution < -0.4 is 0 Å². The van der Waals surface area contributed by atoms with Crippen molar-refractivity contribution in [3.63, 3.8) is 0 Å². The number of hydrogen-bond acceptors (Lipinski definition) is 3. The smallest absolute Gasteiger partial charge is 0.225 e. The average Bonchev–Trinajstić information content (AvgIpc) is 2.48. The highest BCUT2D eigenvalue weighted by Crippen LogP contribution is 2.26. The summed E-state index contributed by atoms with van der Waals surface area (Å²) in [5.74, 6) is 0.0124. The molecule has 1 aliphatic heterocycles. The predicted octanol–water partition coefficient (Wildman–Crippen LogP) is 1.84. The van der Waals surface area contributed by atoms with Gasteiger partial charge in [0.15, 0.2) is 0 Å². The van der Waals surface area contributed by atoms with Gasteiger partial charge in [-0.15, -0.1) is 0 Å². The lowest BCUT2D eigenvalue weighted by molar-refractivity contribution is -0.137. The summed E-state index contributed by atoms with van der Waals surface area (Å²) in [7, 11) is 3.97. The van der Waals surface area contributed by atoms with E-state index in [1.165, 1.54) is 0 Å². The van der Waals surface area contributed by atoms with E-state index < -0.39 is 5.60 Å². The molecule has 4 heteroatoms. The molecule has 1 aliphatic rings. The molecule has 1 saturated heterocycles. The molecule has 1 amide bonds. The Morgan fingerprint density at radius 3 is 2.48 bits per heavy atom. The standard InChI is InChI=1S/C17H26N2O2/c1-17(21,14-7-5-4-6-8-14)13-16(20)19(3)15-9-11-18(2)12-10-15/h4-8,15,21H,9-13H2,1-3H3. The Bertz CT molecular complexity index is 465. The van der Waals surface area contributed by atoms with Gasteiger partial charge in [-0.2, -0.15) is 0 Å². The van der Waals surface area contributed by atoms with Crippen LogP contribution in [0, 0.1) is 0 Å². The number of likely N-dealkylation sites (tertiary alicyclic amines) is 1. The summed E-state index contributed by atoms with van der Waals surface area (Å²) in [6.07, 6.45) is 2.14. The van der Waals surface area contributed by atoms with Crippen molar-refractivity contribution in [1.29, 1.82) is 0 Å². The van der Waals surface area contributed by atoms with Crippen LogP contribution in [0.25, 0.3) is 0 Å². The highest BCUT2D eigenvalue weighted by molar-refractivity contribution is 5.77. The maximum Gasteiger partial charge on any atom is 0.225 e. The summed E-state index contributed by atoms with van der Waals surface area (Å²) < 4.78 is 0. The van der Waals surface area contributed by atoms with Crippen molar-refractivity contribution in [2.75, 3.05) is 27.2 Å². The third kappa shape index (κ3) is 4.05. The number of rotatable bonds is 4. The third-order valence-corrected chi connectivity index (χ3v) is 4.52. The predicted molar refractivity (Wildman–Crippen MR) is 83.9 cm³/mol. The van der Waals surface area contributed by atoms with Gasteiger partial charge in [0.2, 0.25) is 5.91 Å². The van der Waals surface area contributed by atoms with E-state index in [1.807, 2.05) is 42.3 Å². The quantitative estimate of drug-likeness (QED) is 0.920. The Hall–Kier alpha value is -1.39. The van der Waals surface area contributed by atoms with E-state index in [9.17, 15) is 9.90 Å². The Balaban J connectivity index is 1.97. The number of carbonyl (C=O) groups is 1. The van der Waals surface area contributed by atoms with Crippen molar-refractivity contribution >= 4 is 5.91 Å². The molecular weight excluding hydrogens is 264 g/mol. The highest BCUT2D eigenvalue weighted by Gasteiger charge is 2.31. The van der Waals surface area contributed by atoms with Gasteiger partial charge in [0.1, 0.15) is 0 Å². The first-order valence-electron chi connectivity index (χ1n) is 7.62. The van der Waals surface area contributed by atoms with Gasteiger partial charge in [-0.3, -0.25) is 4.79 Å². The molecule has 2 rings (SSSR count). The van der Waals surface area contributed by atoms with E-state index in [-0.39, 0.29) is 12.3 Å². The van der Waals surface area contributed by atoms with Crippen molar-refractivity contribution in [3.05, 3.63) is 35.9 Å². The highest BCUT2D eigenvalue weighted by atomic mass is 16.3. The van der Waals surface area contributed by atoms with Gasteiger partial charge in [-0.25, -0.2) is 0 Å². The third-order valence-electron chi connectivity index (χ3n) is 4.52. The summed E-state index contributed by atoms with van der Waals surface area (Å²) in [5.41, 5.74) is -0.326. The van der Waals surface area contributed by atoms with E-state index in [4.69, 9.17) is 0 Å². The zero-order valence-corrected chi connectivity index (χ0v) is 13.2. The SMILES string of the molecule is CN1CCC(N(C)C(=O)CC(C)(O)c2ccccc2)CC1. The fraction of sp³-hybridized carbons (Fsp3) is 0.588. The zero-order chi connectivity index (χ0) is 15.5. The Morgan fingerprint density at radius 2 is 1.90 bits per heavy atom. The van der Waals surface area contributed by atoms with Gasteiger partial charge in [0.05, 0.1) is 12.0 Å². The molecule has 21 heavy (non-hydrogen) atoms. The summed E-state index contributed by atoms with van der Waals surface area (Å²) >= 11 is 0. The number of amides is 1. The van der Waals surface area contributed by atoms with Gasteiger partial charge in [0, 0.05) is 13.1 Å². The topological polar surface area (TPSA) is 43.8 Å². The first-order chi connectivity index (χ1) is 9.90. The number of nitrogens with zero attached hydrogens (tertiary/aromatic N) is 2. The van der Waals surface area contributed by atoms with Crippen LogP contribution in [-0.4, -0.2) is 54.0 Å². The Labute approximate surface area is 127 Å². The normalized spacial score (nSPS) is 20.0. The minimum Gasteiger partial charge on any atom is -0.385 e. The lowest BCUT2D eigenvalue weighted by Gasteiger charge is -2.36. The molecule has 1 atom stereocenters. The van der Waals surface area contributed by atoms with Crippen LogP contribution in [0.4, 0.5) is 0 Å². The Kier molecular flexibility index (Phi) is 5.01. The molecule has 1 aromatic carbocycles. The molecule has 0 spiro atoms. The molecule has 4 nitrogen and oxygen atoms in total. The second kappa shape index (κ2) is 6.58. The van der Waals surface area contributed by atoms with Crippen LogP contribution in [0.5, 0.6) is 0 Å². The number of benzene rings is 1. The molecule has 0 radical (unpaired) electrons. The first kappa shape index (κ1) is 16.0. The van der Waals surface area contributed by atoms with Crippen molar-refractivity contribution in [2.45, 2.75) is 37.8 Å². The van der Waals surface area contributed by atoms with Crippen LogP contribution in [-0.2, 0) is 10.4 Å². The first-order valence-corrected chi connectivity index (χ1v) is 7.62. The molecular formula is C17H26N2O2. The summed E-state index contributed by atoms with van der Waals surface area (Å²) in [6.45, 7) is 3.76. The van der Waals surface area contributed by atoms with E-state index in [2.05, 4.69) is 11.9 Å². The molecule has 1 heterocycles. The number of piperidine rings is 1. The number of hydrogen-bond donors (Lipinski definition) is 1. The fourth-order valence-electron chi connectivity index (χ4n) is 2.90. The van der Waals surface area contributed by atoms with Crippen LogP contribution in [0.1, 0.15) is 31.7 Å². The average molecular weight is 290 g/mol. The lowest BCUT2D eigenvalue weighted by atomic mass is 9.91. The van der Waals surface area contributed by atoms with E-state index in [1.54, 1.807) is 6.92 Å². The number of aliphatic hydroxyl groups is 1. The molecule has 0 aliphatic carbocycles. The van der Waals surface area contributed by atoms with Gasteiger partial charge in [-0.05, 0) is 45.5 Å². The fourth-order valence-corrected chi connectivity index (χ4v) is 2.90. The van der Waals surface area contributed by atoms with Crippen molar-refractivity contribution in [1.82, 2.24) is 9.80 Å². The van der Waals surface area contributed by atoms with Gasteiger partial charge < -0.3 is 14.9 Å². The van der Waals surface area contributed by atoms with E-state index >= 15 is 0 Å². The second-order valence-electron chi connectivity index (χ2n) is 6.36. The van der Waals surface area contributed by atoms with Crippen LogP contribution in [0.15, 0.2) is 30.3 Å². The van der Waals surface area contributed by atoms with Gasteiger partial charge >= 0.3 is 0 Å². The molecule has 1 aromatic rings. The van der Waals surface area contributed by atoms with Crippen LogP contribution in [0.3, 0.4) is 0 Å². The number of carbonyl (C=O) groups excluding carboxylic acids is 1. The maximum atomic E-state index is 12.5. The molecule has 0 bridgehead atoms. The molecule has 0 saturated carbocycles. The van der Waals surface area contributed by atoms with Crippen LogP contribution >= 0.6 is 0 Å². The largest absolute Gasteiger partial charge is 0.385 e. The monoisotopic (exact) mass is 290 g/mol. The van der Waals surface area contributed by atoms with E-state index in [0.717, 1.165) is 31.5 Å². The van der Waals surface area contributed by atoms with Crippen molar-refractivity contribution in [3.8, 4) is 0 Å². The molecule has 116 valence electrons. The van der Waals surface area contributed by atoms with Crippen molar-refractivity contribution < 1.29 is 9.90 Å². The second-order valence-corrected chi connectivity index (χ2v) is 6.36. The minimum absolute atomic E-state index is 0.0124. The molecule has 0 aromatic heterocycles. The Morgan fingerprint density at radius 1 is 1.33 bits per heavy atom. The maximum absolute atomic E-state index is 12.5. The molecule has 1 fully saturated rings. The van der Waals surface area contributed by atoms with Gasteiger partial charge in [-0.1, -0.05) is 30.3 Å². The molecule has 1 unspecified atom stereocenters. The van der Waals surface area contributed by atoms with Crippen molar-refractivity contribution in [2.24, 2.45) is 0 Å². The van der Waals surface area contributed by atoms with Crippen LogP contribution in [0.2, 0.25) is 0 Å². The zero-order valence-electron chi connectivity index (χ0n) is 13.2. The molecule has 1 N–H and O–H groups in total. The lowest BCUT2D eigenvalue weighted by Crippen LogP contribution is -2.46. The summed E-state index contributed by atoms with van der Waals surface area (Å²) in [6, 6.07) is 9.70. The van der Waals surface area contributed by atoms with E-state index in [0.29, 0.717) is 6.04 Å².